The van der Waals surface area contributed by atoms with Crippen molar-refractivity contribution in [2.75, 3.05) is 5.32 Å². The fraction of sp³-hybridized carbons (Fsp3) is 0.167. The molecule has 0 saturated carbocycles. The molecule has 1 unspecified atom stereocenters. The molecule has 1 N–H and O–H groups in total. The van der Waals surface area contributed by atoms with Gasteiger partial charge in [0.15, 0.2) is 6.10 Å². The lowest BCUT2D eigenvalue weighted by Gasteiger charge is -2.22. The Bertz CT molecular complexity index is 1130. The molecule has 0 saturated heterocycles. The molecule has 31 heavy (non-hydrogen) atoms. The molecule has 158 valence electrons. The second kappa shape index (κ2) is 8.78. The van der Waals surface area contributed by atoms with Crippen LogP contribution in [0.1, 0.15) is 28.4 Å². The molecule has 2 amide bonds. The van der Waals surface area contributed by atoms with Crippen LogP contribution in [0.4, 0.5) is 10.1 Å². The van der Waals surface area contributed by atoms with Crippen LogP contribution in [-0.4, -0.2) is 22.8 Å². The van der Waals surface area contributed by atoms with E-state index in [-0.39, 0.29) is 11.5 Å². The van der Waals surface area contributed by atoms with Gasteiger partial charge in [0.2, 0.25) is 0 Å². The zero-order chi connectivity index (χ0) is 22.0. The Morgan fingerprint density at radius 3 is 2.65 bits per heavy atom. The normalized spacial score (nSPS) is 15.6. The summed E-state index contributed by atoms with van der Waals surface area (Å²) in [4.78, 5) is 27.0. The summed E-state index contributed by atoms with van der Waals surface area (Å²) in [5.41, 5.74) is 2.14. The van der Waals surface area contributed by atoms with Gasteiger partial charge in [0, 0.05) is 29.4 Å². The number of halogens is 2. The summed E-state index contributed by atoms with van der Waals surface area (Å²) in [5, 5.41) is 3.34. The number of benzene rings is 3. The van der Waals surface area contributed by atoms with Gasteiger partial charge in [0.05, 0.1) is 5.56 Å². The molecule has 0 bridgehead atoms. The van der Waals surface area contributed by atoms with Crippen LogP contribution in [0.15, 0.2) is 66.7 Å². The van der Waals surface area contributed by atoms with E-state index in [1.807, 2.05) is 12.1 Å². The van der Waals surface area contributed by atoms with Gasteiger partial charge in [0.1, 0.15) is 11.6 Å². The number of carbonyl (C=O) groups excluding carboxylic acids is 2. The predicted octanol–water partition coefficient (Wildman–Crippen LogP) is 5.04. The van der Waals surface area contributed by atoms with Crippen LogP contribution in [0.5, 0.6) is 5.75 Å². The van der Waals surface area contributed by atoms with Crippen molar-refractivity contribution in [1.29, 1.82) is 0 Å². The molecule has 1 aliphatic heterocycles. The van der Waals surface area contributed by atoms with Crippen molar-refractivity contribution in [2.45, 2.75) is 26.1 Å². The quantitative estimate of drug-likeness (QED) is 0.620. The molecule has 1 heterocycles. The van der Waals surface area contributed by atoms with E-state index >= 15 is 0 Å². The topological polar surface area (TPSA) is 58.6 Å². The van der Waals surface area contributed by atoms with E-state index in [4.69, 9.17) is 16.3 Å². The zero-order valence-electron chi connectivity index (χ0n) is 16.8. The highest BCUT2D eigenvalue weighted by Gasteiger charge is 2.28. The molecule has 1 atom stereocenters. The predicted molar refractivity (Wildman–Crippen MR) is 117 cm³/mol. The van der Waals surface area contributed by atoms with Crippen LogP contribution in [0, 0.1) is 5.82 Å². The van der Waals surface area contributed by atoms with Crippen molar-refractivity contribution < 1.29 is 18.7 Å². The number of hydrogen-bond acceptors (Lipinski definition) is 3. The first kappa shape index (κ1) is 20.9. The smallest absolute Gasteiger partial charge is 0.263 e. The van der Waals surface area contributed by atoms with E-state index in [9.17, 15) is 14.0 Å². The Morgan fingerprint density at radius 1 is 1.16 bits per heavy atom. The first-order chi connectivity index (χ1) is 14.9. The van der Waals surface area contributed by atoms with E-state index in [0.29, 0.717) is 29.5 Å². The molecule has 1 aliphatic rings. The summed E-state index contributed by atoms with van der Waals surface area (Å²) in [6.45, 7) is 2.42. The van der Waals surface area contributed by atoms with Crippen molar-refractivity contribution in [1.82, 2.24) is 4.90 Å². The van der Waals surface area contributed by atoms with Crippen molar-refractivity contribution in [3.05, 3.63) is 94.3 Å². The molecule has 7 heteroatoms. The summed E-state index contributed by atoms with van der Waals surface area (Å²) >= 11 is 5.95. The van der Waals surface area contributed by atoms with Gasteiger partial charge < -0.3 is 15.0 Å². The van der Waals surface area contributed by atoms with Crippen LogP contribution in [0.3, 0.4) is 0 Å². The highest BCUT2D eigenvalue weighted by atomic mass is 35.5. The number of nitrogens with zero attached hydrogens (tertiary/aromatic N) is 1. The molecule has 4 rings (SSSR count). The minimum absolute atomic E-state index is 0.0399. The Kier molecular flexibility index (Phi) is 5.91. The van der Waals surface area contributed by atoms with E-state index in [2.05, 4.69) is 5.32 Å². The molecule has 0 spiro atoms. The van der Waals surface area contributed by atoms with Gasteiger partial charge in [0.25, 0.3) is 11.8 Å². The molecule has 3 aromatic rings. The van der Waals surface area contributed by atoms with Crippen molar-refractivity contribution in [3.8, 4) is 5.75 Å². The Balaban J connectivity index is 1.57. The lowest BCUT2D eigenvalue weighted by atomic mass is 10.1. The summed E-state index contributed by atoms with van der Waals surface area (Å²) in [5.74, 6) is -0.701. The van der Waals surface area contributed by atoms with E-state index in [0.717, 1.165) is 11.1 Å². The van der Waals surface area contributed by atoms with Gasteiger partial charge >= 0.3 is 0 Å². The second-order valence-corrected chi connectivity index (χ2v) is 7.77. The average Bonchev–Trinajstić information content (AvgIpc) is 2.86. The molecule has 0 aromatic heterocycles. The lowest BCUT2D eigenvalue weighted by Crippen LogP contribution is -2.37. The van der Waals surface area contributed by atoms with Crippen LogP contribution in [0.25, 0.3) is 0 Å². The molecule has 3 aromatic carbocycles. The van der Waals surface area contributed by atoms with Crippen LogP contribution in [-0.2, 0) is 17.9 Å². The summed E-state index contributed by atoms with van der Waals surface area (Å²) < 4.78 is 19.7. The van der Waals surface area contributed by atoms with Gasteiger partial charge in [-0.1, -0.05) is 35.9 Å². The van der Waals surface area contributed by atoms with Gasteiger partial charge in [-0.15, -0.1) is 0 Å². The molecule has 5 nitrogen and oxygen atoms in total. The van der Waals surface area contributed by atoms with Crippen molar-refractivity contribution in [2.24, 2.45) is 0 Å². The summed E-state index contributed by atoms with van der Waals surface area (Å²) in [7, 11) is 0. The standard InChI is InChI=1S/C24H20ClFN2O3/c1-15-24(30)28(13-16-6-8-18(25)9-7-16)14-17-12-19(10-11-22(17)31-15)27-23(29)20-4-2-3-5-21(20)26/h2-12,15H,13-14H2,1H3,(H,27,29). The third-order valence-electron chi connectivity index (χ3n) is 5.05. The largest absolute Gasteiger partial charge is 0.481 e. The van der Waals surface area contributed by atoms with Crippen molar-refractivity contribution >= 4 is 29.1 Å². The maximum Gasteiger partial charge on any atom is 0.263 e. The number of fused-ring (bicyclic) bond motifs is 1. The van der Waals surface area contributed by atoms with Crippen molar-refractivity contribution in [3.63, 3.8) is 0 Å². The number of carbonyl (C=O) groups is 2. The Morgan fingerprint density at radius 2 is 1.90 bits per heavy atom. The minimum Gasteiger partial charge on any atom is -0.481 e. The van der Waals surface area contributed by atoms with Crippen LogP contribution >= 0.6 is 11.6 Å². The third kappa shape index (κ3) is 4.70. The maximum atomic E-state index is 13.9. The average molecular weight is 439 g/mol. The highest BCUT2D eigenvalue weighted by molar-refractivity contribution is 6.30. The van der Waals surface area contributed by atoms with E-state index in [1.54, 1.807) is 48.2 Å². The number of nitrogens with one attached hydrogen (secondary N) is 1. The molecule has 0 aliphatic carbocycles. The fourth-order valence-corrected chi connectivity index (χ4v) is 3.59. The van der Waals surface area contributed by atoms with E-state index < -0.39 is 17.8 Å². The number of anilines is 1. The van der Waals surface area contributed by atoms with Crippen LogP contribution < -0.4 is 10.1 Å². The molecular formula is C24H20ClFN2O3. The molecular weight excluding hydrogens is 419 g/mol. The van der Waals surface area contributed by atoms with E-state index in [1.165, 1.54) is 18.2 Å². The van der Waals surface area contributed by atoms with Gasteiger partial charge in [-0.25, -0.2) is 4.39 Å². The first-order valence-electron chi connectivity index (χ1n) is 9.79. The number of hydrogen-bond donors (Lipinski definition) is 1. The van der Waals surface area contributed by atoms with Gasteiger partial charge in [-0.3, -0.25) is 9.59 Å². The van der Waals surface area contributed by atoms with Crippen LogP contribution in [0.2, 0.25) is 5.02 Å². The SMILES string of the molecule is CC1Oc2ccc(NC(=O)c3ccccc3F)cc2CN(Cc2ccc(Cl)cc2)C1=O. The molecule has 0 radical (unpaired) electrons. The minimum atomic E-state index is -0.646. The summed E-state index contributed by atoms with van der Waals surface area (Å²) in [6, 6.07) is 18.2. The second-order valence-electron chi connectivity index (χ2n) is 7.34. The Hall–Kier alpha value is -3.38. The number of rotatable bonds is 4. The monoisotopic (exact) mass is 438 g/mol. The maximum absolute atomic E-state index is 13.9. The van der Waals surface area contributed by atoms with Gasteiger partial charge in [-0.05, 0) is 55.0 Å². The number of amides is 2. The summed E-state index contributed by atoms with van der Waals surface area (Å²) in [6.07, 6.45) is -0.646. The highest BCUT2D eigenvalue weighted by Crippen LogP contribution is 2.30. The Labute approximate surface area is 184 Å². The number of ether oxygens (including phenoxy) is 1. The van der Waals surface area contributed by atoms with Gasteiger partial charge in [-0.2, -0.15) is 0 Å². The molecule has 0 fully saturated rings. The first-order valence-corrected chi connectivity index (χ1v) is 10.2. The lowest BCUT2D eigenvalue weighted by molar-refractivity contribution is -0.138. The third-order valence-corrected chi connectivity index (χ3v) is 5.30. The fourth-order valence-electron chi connectivity index (χ4n) is 3.47. The zero-order valence-corrected chi connectivity index (χ0v) is 17.5.